The first-order valence-corrected chi connectivity index (χ1v) is 8.08. The van der Waals surface area contributed by atoms with Gasteiger partial charge in [0.1, 0.15) is 18.3 Å². The topological polar surface area (TPSA) is 142 Å². The Bertz CT molecular complexity index is 603. The molecule has 1 aromatic carbocycles. The van der Waals surface area contributed by atoms with Crippen LogP contribution in [-0.2, 0) is 20.8 Å². The molecule has 8 nitrogen and oxygen atoms in total. The van der Waals surface area contributed by atoms with Crippen LogP contribution in [0.1, 0.15) is 25.8 Å². The maximum Gasteiger partial charge on any atom is 0.322 e. The Morgan fingerprint density at radius 2 is 1.76 bits per heavy atom. The van der Waals surface area contributed by atoms with Gasteiger partial charge in [-0.1, -0.05) is 32.4 Å². The number of carbonyl (C=O) groups excluding carboxylic acids is 2. The molecular weight excluding hydrogens is 326 g/mol. The largest absolute Gasteiger partial charge is 0.508 e. The number of aliphatic carboxylic acids is 1. The molecule has 0 saturated carbocycles. The molecule has 0 heterocycles. The van der Waals surface area contributed by atoms with Crippen LogP contribution in [0.4, 0.5) is 0 Å². The predicted octanol–water partition coefficient (Wildman–Crippen LogP) is -0.00630. The molecular formula is C17H25N3O5. The fourth-order valence-electron chi connectivity index (χ4n) is 2.14. The molecule has 0 radical (unpaired) electrons. The Morgan fingerprint density at radius 3 is 2.28 bits per heavy atom. The Labute approximate surface area is 146 Å². The van der Waals surface area contributed by atoms with Crippen molar-refractivity contribution in [2.45, 2.75) is 38.8 Å². The van der Waals surface area contributed by atoms with Gasteiger partial charge in [0, 0.05) is 6.42 Å². The van der Waals surface area contributed by atoms with Gasteiger partial charge in [-0.05, 0) is 23.6 Å². The van der Waals surface area contributed by atoms with E-state index in [1.165, 1.54) is 12.1 Å². The van der Waals surface area contributed by atoms with Crippen LogP contribution in [0.5, 0.6) is 5.75 Å². The van der Waals surface area contributed by atoms with E-state index in [9.17, 15) is 19.5 Å². The van der Waals surface area contributed by atoms with Gasteiger partial charge >= 0.3 is 5.97 Å². The van der Waals surface area contributed by atoms with Crippen LogP contribution in [0.25, 0.3) is 0 Å². The number of aromatic hydroxyl groups is 1. The molecule has 8 heteroatoms. The third kappa shape index (κ3) is 6.80. The Kier molecular flexibility index (Phi) is 7.87. The standard InChI is InChI=1S/C17H25N3O5/c1-3-10(2)15(18)17(25)20-13(16(24)19-9-14(22)23)8-11-4-6-12(21)7-5-11/h4-7,10,13,15,21H,3,8-9,18H2,1-2H3,(H,19,24)(H,20,25)(H,22,23)/t10-,13-,15-/m0/s1. The quantitative estimate of drug-likeness (QED) is 0.424. The normalized spacial score (nSPS) is 14.2. The number of phenols is 1. The zero-order chi connectivity index (χ0) is 19.0. The van der Waals surface area contributed by atoms with E-state index in [0.29, 0.717) is 12.0 Å². The van der Waals surface area contributed by atoms with Gasteiger partial charge in [-0.3, -0.25) is 14.4 Å². The van der Waals surface area contributed by atoms with Gasteiger partial charge < -0.3 is 26.6 Å². The molecule has 0 aliphatic carbocycles. The van der Waals surface area contributed by atoms with Crippen molar-refractivity contribution in [1.82, 2.24) is 10.6 Å². The summed E-state index contributed by atoms with van der Waals surface area (Å²) >= 11 is 0. The second kappa shape index (κ2) is 9.63. The first-order valence-electron chi connectivity index (χ1n) is 8.08. The summed E-state index contributed by atoms with van der Waals surface area (Å²) in [6, 6.07) is 4.44. The van der Waals surface area contributed by atoms with Crippen molar-refractivity contribution in [3.8, 4) is 5.75 Å². The lowest BCUT2D eigenvalue weighted by molar-refractivity contribution is -0.138. The zero-order valence-electron chi connectivity index (χ0n) is 14.4. The average Bonchev–Trinajstić information content (AvgIpc) is 2.59. The third-order valence-corrected chi connectivity index (χ3v) is 3.98. The molecule has 2 amide bonds. The minimum Gasteiger partial charge on any atom is -0.508 e. The number of benzene rings is 1. The summed E-state index contributed by atoms with van der Waals surface area (Å²) in [7, 11) is 0. The minimum absolute atomic E-state index is 0.0589. The number of carbonyl (C=O) groups is 3. The molecule has 0 spiro atoms. The second-order valence-corrected chi connectivity index (χ2v) is 5.95. The Hall–Kier alpha value is -2.61. The molecule has 0 aliphatic rings. The van der Waals surface area contributed by atoms with Gasteiger partial charge in [0.15, 0.2) is 0 Å². The number of nitrogens with one attached hydrogen (secondary N) is 2. The lowest BCUT2D eigenvalue weighted by Gasteiger charge is -2.23. The maximum atomic E-state index is 12.3. The van der Waals surface area contributed by atoms with Gasteiger partial charge in [-0.25, -0.2) is 0 Å². The smallest absolute Gasteiger partial charge is 0.322 e. The van der Waals surface area contributed by atoms with Crippen molar-refractivity contribution in [2.24, 2.45) is 11.7 Å². The number of nitrogens with two attached hydrogens (primary N) is 1. The van der Waals surface area contributed by atoms with Crippen LogP contribution in [0, 0.1) is 5.92 Å². The van der Waals surface area contributed by atoms with Crippen molar-refractivity contribution in [3.05, 3.63) is 29.8 Å². The van der Waals surface area contributed by atoms with Crippen LogP contribution < -0.4 is 16.4 Å². The summed E-state index contributed by atoms with van der Waals surface area (Å²) in [6.07, 6.45) is 0.854. The third-order valence-electron chi connectivity index (χ3n) is 3.98. The van der Waals surface area contributed by atoms with E-state index in [2.05, 4.69) is 10.6 Å². The van der Waals surface area contributed by atoms with Gasteiger partial charge in [-0.2, -0.15) is 0 Å². The first kappa shape index (κ1) is 20.4. The highest BCUT2D eigenvalue weighted by atomic mass is 16.4. The molecule has 0 fully saturated rings. The van der Waals surface area contributed by atoms with E-state index in [1.807, 2.05) is 13.8 Å². The number of phenolic OH excluding ortho intramolecular Hbond substituents is 1. The molecule has 0 saturated heterocycles. The molecule has 3 atom stereocenters. The van der Waals surface area contributed by atoms with Crippen LogP contribution in [0.2, 0.25) is 0 Å². The summed E-state index contributed by atoms with van der Waals surface area (Å²) in [4.78, 5) is 35.1. The number of rotatable bonds is 9. The monoisotopic (exact) mass is 351 g/mol. The SMILES string of the molecule is CC[C@H](C)[C@H](N)C(=O)N[C@@H](Cc1ccc(O)cc1)C(=O)NCC(=O)O. The highest BCUT2D eigenvalue weighted by Gasteiger charge is 2.26. The highest BCUT2D eigenvalue weighted by Crippen LogP contribution is 2.12. The van der Waals surface area contributed by atoms with Crippen molar-refractivity contribution in [3.63, 3.8) is 0 Å². The van der Waals surface area contributed by atoms with Gasteiger partial charge in [0.25, 0.3) is 0 Å². The number of amides is 2. The Morgan fingerprint density at radius 1 is 1.16 bits per heavy atom. The number of hydrogen-bond acceptors (Lipinski definition) is 5. The van der Waals surface area contributed by atoms with Crippen molar-refractivity contribution in [1.29, 1.82) is 0 Å². The summed E-state index contributed by atoms with van der Waals surface area (Å²) in [5.74, 6) is -2.24. The van der Waals surface area contributed by atoms with Gasteiger partial charge in [-0.15, -0.1) is 0 Å². The van der Waals surface area contributed by atoms with E-state index in [1.54, 1.807) is 12.1 Å². The summed E-state index contributed by atoms with van der Waals surface area (Å²) in [5, 5.41) is 22.9. The zero-order valence-corrected chi connectivity index (χ0v) is 14.4. The molecule has 6 N–H and O–H groups in total. The van der Waals surface area contributed by atoms with E-state index >= 15 is 0 Å². The molecule has 1 rings (SSSR count). The fourth-order valence-corrected chi connectivity index (χ4v) is 2.14. The predicted molar refractivity (Wildman–Crippen MR) is 91.8 cm³/mol. The minimum atomic E-state index is -1.18. The van der Waals surface area contributed by atoms with E-state index in [4.69, 9.17) is 10.8 Å². The summed E-state index contributed by atoms with van der Waals surface area (Å²) < 4.78 is 0. The fraction of sp³-hybridized carbons (Fsp3) is 0.471. The van der Waals surface area contributed by atoms with Crippen molar-refractivity contribution < 1.29 is 24.6 Å². The number of carboxylic acids is 1. The van der Waals surface area contributed by atoms with E-state index in [-0.39, 0.29) is 18.1 Å². The lowest BCUT2D eigenvalue weighted by atomic mass is 9.98. The highest BCUT2D eigenvalue weighted by molar-refractivity contribution is 5.91. The van der Waals surface area contributed by atoms with Gasteiger partial charge in [0.2, 0.25) is 11.8 Å². The van der Waals surface area contributed by atoms with Crippen LogP contribution in [0.3, 0.4) is 0 Å². The van der Waals surface area contributed by atoms with E-state index < -0.39 is 36.4 Å². The van der Waals surface area contributed by atoms with E-state index in [0.717, 1.165) is 0 Å². The van der Waals surface area contributed by atoms with Crippen molar-refractivity contribution in [2.75, 3.05) is 6.54 Å². The first-order chi connectivity index (χ1) is 11.7. The molecule has 0 bridgehead atoms. The maximum absolute atomic E-state index is 12.3. The average molecular weight is 351 g/mol. The molecule has 0 aliphatic heterocycles. The van der Waals surface area contributed by atoms with Crippen molar-refractivity contribution >= 4 is 17.8 Å². The number of hydrogen-bond donors (Lipinski definition) is 5. The van der Waals surface area contributed by atoms with Crippen LogP contribution in [0.15, 0.2) is 24.3 Å². The number of carboxylic acid groups (broad SMARTS) is 1. The summed E-state index contributed by atoms with van der Waals surface area (Å²) in [5.41, 5.74) is 6.58. The van der Waals surface area contributed by atoms with Crippen LogP contribution >= 0.6 is 0 Å². The molecule has 25 heavy (non-hydrogen) atoms. The molecule has 0 aromatic heterocycles. The second-order valence-electron chi connectivity index (χ2n) is 5.95. The van der Waals surface area contributed by atoms with Gasteiger partial charge in [0.05, 0.1) is 6.04 Å². The molecule has 1 aromatic rings. The Balaban J connectivity index is 2.86. The lowest BCUT2D eigenvalue weighted by Crippen LogP contribution is -2.54. The summed E-state index contributed by atoms with van der Waals surface area (Å²) in [6.45, 7) is 3.20. The van der Waals surface area contributed by atoms with Crippen LogP contribution in [-0.4, -0.2) is 46.6 Å². The molecule has 138 valence electrons. The molecule has 0 unspecified atom stereocenters.